The van der Waals surface area contributed by atoms with E-state index in [0.717, 1.165) is 11.3 Å². The molecule has 0 aliphatic rings. The Kier molecular flexibility index (Phi) is 4.52. The molecule has 0 bridgehead atoms. The first-order valence-corrected chi connectivity index (χ1v) is 7.55. The Hall–Kier alpha value is -2.88. The fraction of sp³-hybridized carbons (Fsp3) is 0.158. The van der Waals surface area contributed by atoms with Gasteiger partial charge in [0.1, 0.15) is 5.75 Å². The van der Waals surface area contributed by atoms with Crippen LogP contribution in [0.25, 0.3) is 11.3 Å². The minimum atomic E-state index is 0.0260. The second-order valence-electron chi connectivity index (χ2n) is 5.32. The van der Waals surface area contributed by atoms with Crippen molar-refractivity contribution in [2.24, 2.45) is 0 Å². The smallest absolute Gasteiger partial charge is 0.325 e. The first-order valence-electron chi connectivity index (χ1n) is 7.55. The molecule has 0 saturated heterocycles. The zero-order valence-corrected chi connectivity index (χ0v) is 13.1. The van der Waals surface area contributed by atoms with Crippen molar-refractivity contribution < 1.29 is 9.47 Å². The van der Waals surface area contributed by atoms with Gasteiger partial charge in [-0.3, -0.25) is 0 Å². The molecule has 0 amide bonds. The van der Waals surface area contributed by atoms with E-state index in [-0.39, 0.29) is 12.1 Å². The van der Waals surface area contributed by atoms with Crippen molar-refractivity contribution in [3.05, 3.63) is 66.7 Å². The van der Waals surface area contributed by atoms with E-state index in [1.807, 2.05) is 80.6 Å². The van der Waals surface area contributed by atoms with Crippen LogP contribution >= 0.6 is 0 Å². The van der Waals surface area contributed by atoms with Crippen LogP contribution in [0.3, 0.4) is 0 Å². The van der Waals surface area contributed by atoms with Crippen molar-refractivity contribution in [3.8, 4) is 28.9 Å². The predicted molar refractivity (Wildman–Crippen MR) is 89.7 cm³/mol. The lowest BCUT2D eigenvalue weighted by molar-refractivity contribution is 0.229. The van der Waals surface area contributed by atoms with Crippen molar-refractivity contribution >= 4 is 0 Å². The van der Waals surface area contributed by atoms with E-state index in [9.17, 15) is 0 Å². The predicted octanol–water partition coefficient (Wildman–Crippen LogP) is 4.72. The number of hydrogen-bond acceptors (Lipinski definition) is 4. The zero-order valence-electron chi connectivity index (χ0n) is 13.1. The van der Waals surface area contributed by atoms with Crippen LogP contribution in [0.5, 0.6) is 17.6 Å². The molecule has 1 aromatic heterocycles. The fourth-order valence-corrected chi connectivity index (χ4v) is 2.10. The van der Waals surface area contributed by atoms with Crippen molar-refractivity contribution in [2.75, 3.05) is 0 Å². The molecule has 0 saturated carbocycles. The van der Waals surface area contributed by atoms with Gasteiger partial charge in [0.2, 0.25) is 5.88 Å². The van der Waals surface area contributed by atoms with Crippen LogP contribution in [0.1, 0.15) is 13.8 Å². The van der Waals surface area contributed by atoms with E-state index >= 15 is 0 Å². The zero-order chi connectivity index (χ0) is 16.1. The van der Waals surface area contributed by atoms with Crippen LogP contribution in [0.2, 0.25) is 0 Å². The number of aromatic nitrogens is 2. The summed E-state index contributed by atoms with van der Waals surface area (Å²) in [5.41, 5.74) is 1.75. The number of rotatable bonds is 5. The minimum Gasteiger partial charge on any atom is -0.475 e. The minimum absolute atomic E-state index is 0.0260. The maximum absolute atomic E-state index is 5.76. The summed E-state index contributed by atoms with van der Waals surface area (Å²) in [6, 6.07) is 21.5. The Morgan fingerprint density at radius 3 is 2.13 bits per heavy atom. The number of para-hydroxylation sites is 1. The van der Waals surface area contributed by atoms with Gasteiger partial charge in [0.25, 0.3) is 0 Å². The molecule has 4 nitrogen and oxygen atoms in total. The summed E-state index contributed by atoms with van der Waals surface area (Å²) in [7, 11) is 0. The molecule has 0 aliphatic heterocycles. The molecule has 116 valence electrons. The summed E-state index contributed by atoms with van der Waals surface area (Å²) in [6.07, 6.45) is 0.0260. The molecular formula is C19H18N2O2. The van der Waals surface area contributed by atoms with Gasteiger partial charge in [0, 0.05) is 11.6 Å². The highest BCUT2D eigenvalue weighted by molar-refractivity contribution is 5.60. The van der Waals surface area contributed by atoms with Gasteiger partial charge in [-0.25, -0.2) is 0 Å². The molecule has 0 fully saturated rings. The average molecular weight is 306 g/mol. The van der Waals surface area contributed by atoms with Crippen molar-refractivity contribution in [2.45, 2.75) is 20.0 Å². The van der Waals surface area contributed by atoms with E-state index in [0.29, 0.717) is 11.6 Å². The van der Waals surface area contributed by atoms with E-state index in [2.05, 4.69) is 9.97 Å². The summed E-state index contributed by atoms with van der Waals surface area (Å²) in [5, 5.41) is 0. The highest BCUT2D eigenvalue weighted by Crippen LogP contribution is 2.26. The summed E-state index contributed by atoms with van der Waals surface area (Å²) < 4.78 is 11.5. The molecule has 3 aromatic rings. The van der Waals surface area contributed by atoms with Crippen LogP contribution in [0, 0.1) is 0 Å². The van der Waals surface area contributed by atoms with Gasteiger partial charge in [-0.1, -0.05) is 48.5 Å². The number of hydrogen-bond donors (Lipinski definition) is 0. The highest BCUT2D eigenvalue weighted by atomic mass is 16.5. The molecule has 0 atom stereocenters. The maximum atomic E-state index is 5.76. The van der Waals surface area contributed by atoms with Crippen LogP contribution in [-0.2, 0) is 0 Å². The van der Waals surface area contributed by atoms with Crippen molar-refractivity contribution in [1.82, 2.24) is 9.97 Å². The summed E-state index contributed by atoms with van der Waals surface area (Å²) in [6.45, 7) is 3.92. The lowest BCUT2D eigenvalue weighted by Gasteiger charge is -2.12. The SMILES string of the molecule is CC(C)Oc1cc(-c2ccccc2)nc(Oc2ccccc2)n1. The third kappa shape index (κ3) is 4.07. The molecule has 23 heavy (non-hydrogen) atoms. The van der Waals surface area contributed by atoms with Gasteiger partial charge in [0.05, 0.1) is 11.8 Å². The Morgan fingerprint density at radius 1 is 0.826 bits per heavy atom. The summed E-state index contributed by atoms with van der Waals surface area (Å²) >= 11 is 0. The van der Waals surface area contributed by atoms with Crippen LogP contribution < -0.4 is 9.47 Å². The van der Waals surface area contributed by atoms with Gasteiger partial charge < -0.3 is 9.47 Å². The molecular weight excluding hydrogens is 288 g/mol. The Bertz CT molecular complexity index is 759. The second kappa shape index (κ2) is 6.92. The van der Waals surface area contributed by atoms with Gasteiger partial charge in [0.15, 0.2) is 0 Å². The van der Waals surface area contributed by atoms with E-state index in [1.54, 1.807) is 0 Å². The Morgan fingerprint density at radius 2 is 1.48 bits per heavy atom. The fourth-order valence-electron chi connectivity index (χ4n) is 2.10. The van der Waals surface area contributed by atoms with E-state index < -0.39 is 0 Å². The van der Waals surface area contributed by atoms with Crippen LogP contribution in [-0.4, -0.2) is 16.1 Å². The number of nitrogens with zero attached hydrogens (tertiary/aromatic N) is 2. The first-order chi connectivity index (χ1) is 11.2. The van der Waals surface area contributed by atoms with Gasteiger partial charge >= 0.3 is 6.01 Å². The molecule has 0 unspecified atom stereocenters. The molecule has 0 spiro atoms. The molecule has 1 heterocycles. The quantitative estimate of drug-likeness (QED) is 0.684. The maximum Gasteiger partial charge on any atom is 0.325 e. The molecule has 2 aromatic carbocycles. The van der Waals surface area contributed by atoms with Crippen LogP contribution in [0.4, 0.5) is 0 Å². The Balaban J connectivity index is 1.98. The van der Waals surface area contributed by atoms with Gasteiger partial charge in [-0.05, 0) is 26.0 Å². The summed E-state index contributed by atoms with van der Waals surface area (Å²) in [4.78, 5) is 8.83. The molecule has 3 rings (SSSR count). The van der Waals surface area contributed by atoms with Crippen molar-refractivity contribution in [3.63, 3.8) is 0 Å². The average Bonchev–Trinajstić information content (AvgIpc) is 2.56. The normalized spacial score (nSPS) is 10.6. The van der Waals surface area contributed by atoms with Crippen LogP contribution in [0.15, 0.2) is 66.7 Å². The molecule has 0 N–H and O–H groups in total. The van der Waals surface area contributed by atoms with E-state index in [4.69, 9.17) is 9.47 Å². The van der Waals surface area contributed by atoms with Gasteiger partial charge in [-0.15, -0.1) is 0 Å². The van der Waals surface area contributed by atoms with Gasteiger partial charge in [-0.2, -0.15) is 9.97 Å². The monoisotopic (exact) mass is 306 g/mol. The third-order valence-corrected chi connectivity index (χ3v) is 3.06. The topological polar surface area (TPSA) is 44.2 Å². The largest absolute Gasteiger partial charge is 0.475 e. The van der Waals surface area contributed by atoms with E-state index in [1.165, 1.54) is 0 Å². The standard InChI is InChI=1S/C19H18N2O2/c1-14(2)22-18-13-17(15-9-5-3-6-10-15)20-19(21-18)23-16-11-7-4-8-12-16/h3-14H,1-2H3. The van der Waals surface area contributed by atoms with Crippen molar-refractivity contribution in [1.29, 1.82) is 0 Å². The lowest BCUT2D eigenvalue weighted by Crippen LogP contribution is -2.08. The number of benzene rings is 2. The third-order valence-electron chi connectivity index (χ3n) is 3.06. The molecule has 4 heteroatoms. The summed E-state index contributed by atoms with van der Waals surface area (Å²) in [5.74, 6) is 1.19. The number of ether oxygens (including phenoxy) is 2. The highest BCUT2D eigenvalue weighted by Gasteiger charge is 2.10. The second-order valence-corrected chi connectivity index (χ2v) is 5.32. The first kappa shape index (κ1) is 15.0. The Labute approximate surface area is 135 Å². The molecule has 0 aliphatic carbocycles. The molecule has 0 radical (unpaired) electrons. The lowest BCUT2D eigenvalue weighted by atomic mass is 10.1.